The average molecular weight is 251 g/mol. The first-order valence-electron chi connectivity index (χ1n) is 6.75. The standard InChI is InChI=1S/C13H21N3S/c1-2-17-8-7-11-12(14)16(10-5-6-10)13(15-11)9-3-4-9/h9-10H,2-8,14H2,1H3. The minimum Gasteiger partial charge on any atom is -0.384 e. The smallest absolute Gasteiger partial charge is 0.127 e. The fraction of sp³-hybridized carbons (Fsp3) is 0.769. The predicted molar refractivity (Wildman–Crippen MR) is 73.6 cm³/mol. The molecule has 17 heavy (non-hydrogen) atoms. The first kappa shape index (κ1) is 11.5. The number of aryl methyl sites for hydroxylation is 1. The molecule has 2 fully saturated rings. The Kier molecular flexibility index (Phi) is 3.07. The van der Waals surface area contributed by atoms with Gasteiger partial charge in [-0.2, -0.15) is 11.8 Å². The van der Waals surface area contributed by atoms with Crippen LogP contribution >= 0.6 is 11.8 Å². The highest BCUT2D eigenvalue weighted by Gasteiger charge is 2.36. The third-order valence-electron chi connectivity index (χ3n) is 3.59. The van der Waals surface area contributed by atoms with E-state index in [1.54, 1.807) is 0 Å². The van der Waals surface area contributed by atoms with Crippen molar-refractivity contribution in [2.75, 3.05) is 17.2 Å². The number of hydrogen-bond acceptors (Lipinski definition) is 3. The molecule has 2 aliphatic carbocycles. The van der Waals surface area contributed by atoms with Gasteiger partial charge in [0.2, 0.25) is 0 Å². The Labute approximate surface area is 107 Å². The number of nitrogens with two attached hydrogens (primary N) is 1. The molecule has 1 aromatic heterocycles. The highest BCUT2D eigenvalue weighted by atomic mass is 32.2. The van der Waals surface area contributed by atoms with E-state index in [0.717, 1.165) is 23.7 Å². The first-order valence-corrected chi connectivity index (χ1v) is 7.91. The van der Waals surface area contributed by atoms with Gasteiger partial charge in [0, 0.05) is 18.4 Å². The Morgan fingerprint density at radius 1 is 1.35 bits per heavy atom. The maximum Gasteiger partial charge on any atom is 0.127 e. The largest absolute Gasteiger partial charge is 0.384 e. The Hall–Kier alpha value is -0.640. The van der Waals surface area contributed by atoms with Crippen LogP contribution in [0.3, 0.4) is 0 Å². The number of aromatic nitrogens is 2. The normalized spacial score (nSPS) is 19.8. The van der Waals surface area contributed by atoms with Gasteiger partial charge in [-0.3, -0.25) is 0 Å². The van der Waals surface area contributed by atoms with Gasteiger partial charge in [-0.15, -0.1) is 0 Å². The van der Waals surface area contributed by atoms with Gasteiger partial charge in [0.05, 0.1) is 5.69 Å². The molecule has 0 radical (unpaired) electrons. The summed E-state index contributed by atoms with van der Waals surface area (Å²) in [7, 11) is 0. The van der Waals surface area contributed by atoms with Crippen molar-refractivity contribution in [1.82, 2.24) is 9.55 Å². The lowest BCUT2D eigenvalue weighted by atomic mass is 10.3. The molecule has 0 aliphatic heterocycles. The van der Waals surface area contributed by atoms with Crippen molar-refractivity contribution in [3.8, 4) is 0 Å². The topological polar surface area (TPSA) is 43.8 Å². The van der Waals surface area contributed by atoms with Crippen molar-refractivity contribution < 1.29 is 0 Å². The van der Waals surface area contributed by atoms with Gasteiger partial charge >= 0.3 is 0 Å². The summed E-state index contributed by atoms with van der Waals surface area (Å²) in [5.41, 5.74) is 7.44. The van der Waals surface area contributed by atoms with Crippen LogP contribution < -0.4 is 5.73 Å². The van der Waals surface area contributed by atoms with E-state index in [0.29, 0.717) is 12.0 Å². The molecule has 1 heterocycles. The molecule has 0 amide bonds. The first-order chi connectivity index (χ1) is 8.31. The predicted octanol–water partition coefficient (Wildman–Crippen LogP) is 2.97. The van der Waals surface area contributed by atoms with Crippen molar-refractivity contribution >= 4 is 17.6 Å². The van der Waals surface area contributed by atoms with Gasteiger partial charge in [0.25, 0.3) is 0 Å². The second-order valence-electron chi connectivity index (χ2n) is 5.12. The second-order valence-corrected chi connectivity index (χ2v) is 6.52. The van der Waals surface area contributed by atoms with E-state index in [2.05, 4.69) is 11.5 Å². The monoisotopic (exact) mass is 251 g/mol. The van der Waals surface area contributed by atoms with Crippen LogP contribution in [0, 0.1) is 0 Å². The highest BCUT2D eigenvalue weighted by molar-refractivity contribution is 7.99. The van der Waals surface area contributed by atoms with Crippen molar-refractivity contribution in [1.29, 1.82) is 0 Å². The fourth-order valence-corrected chi connectivity index (χ4v) is 2.98. The zero-order valence-electron chi connectivity index (χ0n) is 10.5. The summed E-state index contributed by atoms with van der Waals surface area (Å²) in [6, 6.07) is 0.672. The third-order valence-corrected chi connectivity index (χ3v) is 4.49. The van der Waals surface area contributed by atoms with E-state index in [1.165, 1.54) is 37.3 Å². The van der Waals surface area contributed by atoms with E-state index in [4.69, 9.17) is 10.7 Å². The zero-order valence-corrected chi connectivity index (χ0v) is 11.3. The molecule has 0 aromatic carbocycles. The fourth-order valence-electron chi connectivity index (χ4n) is 2.36. The molecule has 3 nitrogen and oxygen atoms in total. The van der Waals surface area contributed by atoms with Crippen LogP contribution in [0.25, 0.3) is 0 Å². The van der Waals surface area contributed by atoms with Crippen LogP contribution in [0.4, 0.5) is 5.82 Å². The molecule has 2 N–H and O–H groups in total. The zero-order chi connectivity index (χ0) is 11.8. The van der Waals surface area contributed by atoms with Crippen LogP contribution in [0.5, 0.6) is 0 Å². The molecular formula is C13H21N3S. The minimum absolute atomic E-state index is 0.672. The summed E-state index contributed by atoms with van der Waals surface area (Å²) < 4.78 is 2.35. The number of anilines is 1. The van der Waals surface area contributed by atoms with Gasteiger partial charge < -0.3 is 10.3 Å². The molecule has 0 saturated heterocycles. The molecule has 1 aromatic rings. The lowest BCUT2D eigenvalue weighted by Crippen LogP contribution is -2.05. The Balaban J connectivity index is 1.80. The van der Waals surface area contributed by atoms with E-state index in [9.17, 15) is 0 Å². The lowest BCUT2D eigenvalue weighted by Gasteiger charge is -2.07. The van der Waals surface area contributed by atoms with Crippen LogP contribution in [0.15, 0.2) is 0 Å². The summed E-state index contributed by atoms with van der Waals surface area (Å²) in [5, 5.41) is 0. The number of imidazole rings is 1. The van der Waals surface area contributed by atoms with E-state index < -0.39 is 0 Å². The van der Waals surface area contributed by atoms with Crippen molar-refractivity contribution in [3.05, 3.63) is 11.5 Å². The Morgan fingerprint density at radius 3 is 2.71 bits per heavy atom. The molecule has 0 atom stereocenters. The number of rotatable bonds is 6. The van der Waals surface area contributed by atoms with E-state index in [1.807, 2.05) is 11.8 Å². The van der Waals surface area contributed by atoms with Gasteiger partial charge in [0.1, 0.15) is 11.6 Å². The summed E-state index contributed by atoms with van der Waals surface area (Å²) in [6.45, 7) is 2.20. The van der Waals surface area contributed by atoms with E-state index >= 15 is 0 Å². The van der Waals surface area contributed by atoms with Crippen LogP contribution in [0.1, 0.15) is 56.1 Å². The molecule has 0 unspecified atom stereocenters. The maximum atomic E-state index is 6.28. The number of nitrogens with zero attached hydrogens (tertiary/aromatic N) is 2. The van der Waals surface area contributed by atoms with Crippen LogP contribution in [-0.2, 0) is 6.42 Å². The summed E-state index contributed by atoms with van der Waals surface area (Å²) in [4.78, 5) is 4.83. The third kappa shape index (κ3) is 2.32. The van der Waals surface area contributed by atoms with Gasteiger partial charge in [-0.05, 0) is 37.2 Å². The molecular weight excluding hydrogens is 230 g/mol. The molecule has 2 saturated carbocycles. The summed E-state index contributed by atoms with van der Waals surface area (Å²) >= 11 is 1.97. The highest BCUT2D eigenvalue weighted by Crippen LogP contribution is 2.46. The second kappa shape index (κ2) is 4.56. The molecule has 3 rings (SSSR count). The van der Waals surface area contributed by atoms with E-state index in [-0.39, 0.29) is 0 Å². The Morgan fingerprint density at radius 2 is 2.12 bits per heavy atom. The number of hydrogen-bond donors (Lipinski definition) is 1. The molecule has 4 heteroatoms. The summed E-state index contributed by atoms with van der Waals surface area (Å²) in [6.07, 6.45) is 6.25. The summed E-state index contributed by atoms with van der Waals surface area (Å²) in [5.74, 6) is 5.30. The SMILES string of the molecule is CCSCCc1nc(C2CC2)n(C2CC2)c1N. The van der Waals surface area contributed by atoms with Gasteiger partial charge in [-0.25, -0.2) is 4.98 Å². The van der Waals surface area contributed by atoms with Crippen molar-refractivity contribution in [2.45, 2.75) is 51.0 Å². The van der Waals surface area contributed by atoms with Crippen molar-refractivity contribution in [2.24, 2.45) is 0 Å². The molecule has 0 bridgehead atoms. The molecule has 2 aliphatic rings. The van der Waals surface area contributed by atoms with Crippen molar-refractivity contribution in [3.63, 3.8) is 0 Å². The maximum absolute atomic E-state index is 6.28. The lowest BCUT2D eigenvalue weighted by molar-refractivity contribution is 0.691. The number of thioether (sulfide) groups is 1. The van der Waals surface area contributed by atoms with Gasteiger partial charge in [-0.1, -0.05) is 6.92 Å². The Bertz CT molecular complexity index is 405. The number of nitrogen functional groups attached to an aromatic ring is 1. The quantitative estimate of drug-likeness (QED) is 0.790. The average Bonchev–Trinajstić information content (AvgIpc) is 3.20. The molecule has 94 valence electrons. The van der Waals surface area contributed by atoms with Crippen LogP contribution in [-0.4, -0.2) is 21.1 Å². The molecule has 0 spiro atoms. The minimum atomic E-state index is 0.672. The van der Waals surface area contributed by atoms with Gasteiger partial charge in [0.15, 0.2) is 0 Å². The van der Waals surface area contributed by atoms with Crippen LogP contribution in [0.2, 0.25) is 0 Å².